The molecule has 0 bridgehead atoms. The number of carbonyl (C=O) groups is 1. The lowest BCUT2D eigenvalue weighted by molar-refractivity contribution is 0.0601. The fourth-order valence-electron chi connectivity index (χ4n) is 1.88. The average Bonchev–Trinajstić information content (AvgIpc) is 2.50. The van der Waals surface area contributed by atoms with E-state index in [4.69, 9.17) is 15.7 Å². The molecule has 0 saturated carbocycles. The molecule has 0 amide bonds. The summed E-state index contributed by atoms with van der Waals surface area (Å²) in [6, 6.07) is 12.3. The molecular weight excluding hydrogens is 266 g/mol. The van der Waals surface area contributed by atoms with Gasteiger partial charge in [0.05, 0.1) is 35.7 Å². The van der Waals surface area contributed by atoms with E-state index in [1.807, 2.05) is 13.0 Å². The number of hydrogen-bond acceptors (Lipinski definition) is 5. The van der Waals surface area contributed by atoms with Gasteiger partial charge in [-0.25, -0.2) is 4.79 Å². The fraction of sp³-hybridized carbons (Fsp3) is 0.125. The number of nitrogens with one attached hydrogen (secondary N) is 1. The van der Waals surface area contributed by atoms with Crippen LogP contribution in [0.5, 0.6) is 0 Å². The van der Waals surface area contributed by atoms with Gasteiger partial charge in [-0.05, 0) is 42.8 Å². The number of ether oxygens (including phenoxy) is 1. The number of anilines is 3. The van der Waals surface area contributed by atoms with Gasteiger partial charge in [-0.3, -0.25) is 0 Å². The highest BCUT2D eigenvalue weighted by Gasteiger charge is 2.09. The predicted molar refractivity (Wildman–Crippen MR) is 81.4 cm³/mol. The molecule has 21 heavy (non-hydrogen) atoms. The molecule has 0 spiro atoms. The third-order valence-corrected chi connectivity index (χ3v) is 3.11. The summed E-state index contributed by atoms with van der Waals surface area (Å²) < 4.78 is 4.69. The zero-order valence-electron chi connectivity index (χ0n) is 11.8. The summed E-state index contributed by atoms with van der Waals surface area (Å²) in [5.74, 6) is -0.430. The van der Waals surface area contributed by atoms with Gasteiger partial charge in [-0.1, -0.05) is 6.07 Å². The minimum Gasteiger partial charge on any atom is -0.465 e. The van der Waals surface area contributed by atoms with Crippen molar-refractivity contribution in [1.29, 1.82) is 5.26 Å². The third kappa shape index (κ3) is 3.12. The van der Waals surface area contributed by atoms with Crippen molar-refractivity contribution in [3.05, 3.63) is 53.1 Å². The maximum absolute atomic E-state index is 11.6. The Balaban J connectivity index is 2.39. The first-order chi connectivity index (χ1) is 10.0. The largest absolute Gasteiger partial charge is 0.465 e. The van der Waals surface area contributed by atoms with Gasteiger partial charge in [-0.15, -0.1) is 0 Å². The van der Waals surface area contributed by atoms with Gasteiger partial charge in [0.15, 0.2) is 0 Å². The molecule has 0 atom stereocenters. The van der Waals surface area contributed by atoms with Gasteiger partial charge in [0.2, 0.25) is 0 Å². The van der Waals surface area contributed by atoms with E-state index in [1.165, 1.54) is 7.11 Å². The maximum Gasteiger partial charge on any atom is 0.337 e. The molecule has 0 aromatic heterocycles. The van der Waals surface area contributed by atoms with Crippen molar-refractivity contribution in [3.63, 3.8) is 0 Å². The summed E-state index contributed by atoms with van der Waals surface area (Å²) in [6.45, 7) is 1.92. The number of benzene rings is 2. The Bertz CT molecular complexity index is 733. The van der Waals surface area contributed by atoms with Crippen LogP contribution in [0.4, 0.5) is 17.1 Å². The number of nitrogen functional groups attached to an aromatic ring is 1. The van der Waals surface area contributed by atoms with E-state index in [2.05, 4.69) is 11.4 Å². The first kappa shape index (κ1) is 14.4. The number of esters is 1. The molecule has 5 heteroatoms. The quantitative estimate of drug-likeness (QED) is 0.667. The van der Waals surface area contributed by atoms with Crippen LogP contribution in [0, 0.1) is 18.3 Å². The number of hydrogen-bond donors (Lipinski definition) is 2. The second kappa shape index (κ2) is 5.97. The van der Waals surface area contributed by atoms with Gasteiger partial charge in [0.1, 0.15) is 0 Å². The third-order valence-electron chi connectivity index (χ3n) is 3.11. The molecule has 0 heterocycles. The van der Waals surface area contributed by atoms with E-state index in [0.29, 0.717) is 22.5 Å². The molecule has 2 aromatic carbocycles. The molecule has 0 fully saturated rings. The van der Waals surface area contributed by atoms with Gasteiger partial charge in [0.25, 0.3) is 0 Å². The first-order valence-corrected chi connectivity index (χ1v) is 6.30. The zero-order valence-corrected chi connectivity index (χ0v) is 11.8. The monoisotopic (exact) mass is 281 g/mol. The number of nitrogens with two attached hydrogens (primary N) is 1. The smallest absolute Gasteiger partial charge is 0.337 e. The Labute approximate surface area is 123 Å². The van der Waals surface area contributed by atoms with Crippen molar-refractivity contribution >= 4 is 23.0 Å². The van der Waals surface area contributed by atoms with E-state index in [9.17, 15) is 4.79 Å². The molecule has 106 valence electrons. The summed E-state index contributed by atoms with van der Waals surface area (Å²) in [6.07, 6.45) is 0. The van der Waals surface area contributed by atoms with E-state index >= 15 is 0 Å². The lowest BCUT2D eigenvalue weighted by Crippen LogP contribution is -2.04. The van der Waals surface area contributed by atoms with Crippen LogP contribution in [0.25, 0.3) is 0 Å². The summed E-state index contributed by atoms with van der Waals surface area (Å²) in [5.41, 5.74) is 9.71. The summed E-state index contributed by atoms with van der Waals surface area (Å²) in [5, 5.41) is 12.1. The minimum atomic E-state index is -0.430. The predicted octanol–water partition coefficient (Wildman–Crippen LogP) is 2.98. The highest BCUT2D eigenvalue weighted by atomic mass is 16.5. The van der Waals surface area contributed by atoms with E-state index in [1.54, 1.807) is 30.3 Å². The number of carbonyl (C=O) groups excluding carboxylic acids is 1. The second-order valence-electron chi connectivity index (χ2n) is 4.56. The van der Waals surface area contributed by atoms with E-state index in [-0.39, 0.29) is 0 Å². The number of methoxy groups -OCH3 is 1. The van der Waals surface area contributed by atoms with Crippen LogP contribution < -0.4 is 11.1 Å². The minimum absolute atomic E-state index is 0.406. The Morgan fingerprint density at radius 3 is 2.67 bits per heavy atom. The van der Waals surface area contributed by atoms with Gasteiger partial charge in [-0.2, -0.15) is 5.26 Å². The van der Waals surface area contributed by atoms with Gasteiger partial charge in [0, 0.05) is 5.69 Å². The topological polar surface area (TPSA) is 88.1 Å². The summed E-state index contributed by atoms with van der Waals surface area (Å²) in [4.78, 5) is 11.6. The van der Waals surface area contributed by atoms with Crippen molar-refractivity contribution < 1.29 is 9.53 Å². The van der Waals surface area contributed by atoms with Crippen LogP contribution in [0.1, 0.15) is 21.5 Å². The van der Waals surface area contributed by atoms with Crippen LogP contribution in [0.15, 0.2) is 36.4 Å². The Hall–Kier alpha value is -3.00. The number of nitriles is 1. The molecule has 2 aromatic rings. The first-order valence-electron chi connectivity index (χ1n) is 6.30. The molecule has 0 radical (unpaired) electrons. The zero-order chi connectivity index (χ0) is 15.4. The molecule has 5 nitrogen and oxygen atoms in total. The molecular formula is C16H15N3O2. The maximum atomic E-state index is 11.6. The number of aryl methyl sites for hydroxylation is 1. The second-order valence-corrected chi connectivity index (χ2v) is 4.56. The van der Waals surface area contributed by atoms with Crippen LogP contribution in [-0.2, 0) is 4.74 Å². The van der Waals surface area contributed by atoms with Crippen LogP contribution in [0.2, 0.25) is 0 Å². The van der Waals surface area contributed by atoms with E-state index < -0.39 is 5.97 Å². The fourth-order valence-corrected chi connectivity index (χ4v) is 1.88. The highest BCUT2D eigenvalue weighted by molar-refractivity contribution is 5.92. The lowest BCUT2D eigenvalue weighted by atomic mass is 10.1. The van der Waals surface area contributed by atoms with Crippen molar-refractivity contribution in [2.75, 3.05) is 18.2 Å². The van der Waals surface area contributed by atoms with Crippen molar-refractivity contribution in [2.45, 2.75) is 6.92 Å². The Kier molecular flexibility index (Phi) is 4.10. The molecule has 3 N–H and O–H groups in total. The SMILES string of the molecule is COC(=O)c1ccc(N)c(Nc2cc(C#N)ccc2C)c1. The van der Waals surface area contributed by atoms with Crippen LogP contribution >= 0.6 is 0 Å². The highest BCUT2D eigenvalue weighted by Crippen LogP contribution is 2.27. The molecule has 0 aliphatic heterocycles. The Morgan fingerprint density at radius 1 is 1.24 bits per heavy atom. The molecule has 0 saturated heterocycles. The van der Waals surface area contributed by atoms with Crippen LogP contribution in [0.3, 0.4) is 0 Å². The van der Waals surface area contributed by atoms with Crippen molar-refractivity contribution in [1.82, 2.24) is 0 Å². The van der Waals surface area contributed by atoms with Crippen LogP contribution in [-0.4, -0.2) is 13.1 Å². The molecule has 0 aliphatic rings. The van der Waals surface area contributed by atoms with Crippen molar-refractivity contribution in [2.24, 2.45) is 0 Å². The number of nitrogens with zero attached hydrogens (tertiary/aromatic N) is 1. The summed E-state index contributed by atoms with van der Waals surface area (Å²) in [7, 11) is 1.33. The number of rotatable bonds is 3. The molecule has 0 aliphatic carbocycles. The molecule has 0 unspecified atom stereocenters. The Morgan fingerprint density at radius 2 is 2.00 bits per heavy atom. The normalized spacial score (nSPS) is 9.76. The molecule has 2 rings (SSSR count). The lowest BCUT2D eigenvalue weighted by Gasteiger charge is -2.13. The standard InChI is InChI=1S/C16H15N3O2/c1-10-3-4-11(9-17)7-14(10)19-15-8-12(16(20)21-2)5-6-13(15)18/h3-8,19H,18H2,1-2H3. The van der Waals surface area contributed by atoms with Gasteiger partial charge >= 0.3 is 5.97 Å². The van der Waals surface area contributed by atoms with Gasteiger partial charge < -0.3 is 15.8 Å². The average molecular weight is 281 g/mol. The summed E-state index contributed by atoms with van der Waals surface area (Å²) >= 11 is 0. The van der Waals surface area contributed by atoms with Crippen molar-refractivity contribution in [3.8, 4) is 6.07 Å². The van der Waals surface area contributed by atoms with E-state index in [0.717, 1.165) is 11.3 Å².